The molecule has 8 heteroatoms. The molecule has 1 aliphatic heterocycles. The van der Waals surface area contributed by atoms with Crippen LogP contribution in [0.15, 0.2) is 41.7 Å². The molecule has 1 aromatic heterocycles. The van der Waals surface area contributed by atoms with Crippen LogP contribution in [-0.4, -0.2) is 66.9 Å². The fourth-order valence-corrected chi connectivity index (χ4v) is 3.42. The molecule has 1 amide bonds. The van der Waals surface area contributed by atoms with E-state index < -0.39 is 0 Å². The summed E-state index contributed by atoms with van der Waals surface area (Å²) in [6, 6.07) is 7.12. The fourth-order valence-electron chi connectivity index (χ4n) is 3.42. The second kappa shape index (κ2) is 9.25. The van der Waals surface area contributed by atoms with Crippen LogP contribution in [0.5, 0.6) is 5.75 Å². The van der Waals surface area contributed by atoms with E-state index in [1.807, 2.05) is 24.0 Å². The van der Waals surface area contributed by atoms with E-state index in [0.717, 1.165) is 25.5 Å². The molecule has 1 aromatic carbocycles. The molecule has 1 unspecified atom stereocenters. The minimum Gasteiger partial charge on any atom is -0.497 e. The number of methoxy groups -OCH3 is 1. The Labute approximate surface area is 165 Å². The van der Waals surface area contributed by atoms with E-state index in [1.165, 1.54) is 5.56 Å². The van der Waals surface area contributed by atoms with Crippen molar-refractivity contribution in [2.24, 2.45) is 12.0 Å². The lowest BCUT2D eigenvalue weighted by molar-refractivity contribution is 0.0954. The Hall–Kier alpha value is -3.03. The third kappa shape index (κ3) is 4.82. The molecular weight excluding hydrogens is 356 g/mol. The lowest BCUT2D eigenvalue weighted by atomic mass is 10.0. The van der Waals surface area contributed by atoms with E-state index in [1.54, 1.807) is 32.4 Å². The minimum absolute atomic E-state index is 0.117. The number of carbonyl (C=O) groups excluding carboxylic acids is 1. The van der Waals surface area contributed by atoms with Crippen molar-refractivity contribution in [2.75, 3.05) is 40.3 Å². The van der Waals surface area contributed by atoms with Gasteiger partial charge in [-0.3, -0.25) is 14.5 Å². The SMILES string of the molecule is CN=C(NCCNC(=O)c1cccc(OC)c1)N1CCC(c2cnn(C)c2)C1. The van der Waals surface area contributed by atoms with Crippen LogP contribution in [0.2, 0.25) is 0 Å². The average Bonchev–Trinajstić information content (AvgIpc) is 3.37. The number of aliphatic imine (C=N–C) groups is 1. The molecule has 0 spiro atoms. The maximum Gasteiger partial charge on any atom is 0.251 e. The molecule has 2 aromatic rings. The molecular formula is C20H28N6O2. The number of likely N-dealkylation sites (tertiary alicyclic amines) is 1. The number of nitrogens with zero attached hydrogens (tertiary/aromatic N) is 4. The van der Waals surface area contributed by atoms with Crippen LogP contribution < -0.4 is 15.4 Å². The highest BCUT2D eigenvalue weighted by molar-refractivity contribution is 5.94. The third-order valence-corrected chi connectivity index (χ3v) is 4.92. The molecule has 1 atom stereocenters. The summed E-state index contributed by atoms with van der Waals surface area (Å²) in [5.74, 6) is 1.89. The van der Waals surface area contributed by atoms with Crippen molar-refractivity contribution in [1.29, 1.82) is 0 Å². The van der Waals surface area contributed by atoms with Crippen molar-refractivity contribution in [3.8, 4) is 5.75 Å². The Morgan fingerprint density at radius 1 is 1.36 bits per heavy atom. The van der Waals surface area contributed by atoms with Gasteiger partial charge < -0.3 is 20.3 Å². The first-order valence-electron chi connectivity index (χ1n) is 9.47. The Balaban J connectivity index is 1.44. The van der Waals surface area contributed by atoms with Crippen molar-refractivity contribution < 1.29 is 9.53 Å². The summed E-state index contributed by atoms with van der Waals surface area (Å²) in [6.07, 6.45) is 5.11. The van der Waals surface area contributed by atoms with Crippen molar-refractivity contribution in [2.45, 2.75) is 12.3 Å². The highest BCUT2D eigenvalue weighted by Gasteiger charge is 2.26. The number of rotatable bonds is 6. The predicted octanol–water partition coefficient (Wildman–Crippen LogP) is 1.22. The van der Waals surface area contributed by atoms with Gasteiger partial charge in [-0.25, -0.2) is 0 Å². The monoisotopic (exact) mass is 384 g/mol. The predicted molar refractivity (Wildman–Crippen MR) is 109 cm³/mol. The second-order valence-corrected chi connectivity index (χ2v) is 6.84. The topological polar surface area (TPSA) is 83.8 Å². The zero-order valence-electron chi connectivity index (χ0n) is 16.7. The number of aryl methyl sites for hydroxylation is 1. The Kier molecular flexibility index (Phi) is 6.52. The van der Waals surface area contributed by atoms with Gasteiger partial charge in [0.2, 0.25) is 0 Å². The summed E-state index contributed by atoms with van der Waals surface area (Å²) in [6.45, 7) is 2.99. The lowest BCUT2D eigenvalue weighted by Crippen LogP contribution is -2.43. The first-order valence-corrected chi connectivity index (χ1v) is 9.47. The standard InChI is InChI=1S/C20H28N6O2/c1-21-20(26-10-7-16(14-26)17-12-24-25(2)13-17)23-9-8-22-19(27)15-5-4-6-18(11-15)28-3/h4-6,11-13,16H,7-10,14H2,1-3H3,(H,21,23)(H,22,27). The van der Waals surface area contributed by atoms with Crippen LogP contribution in [0.4, 0.5) is 0 Å². The number of benzene rings is 1. The quantitative estimate of drug-likeness (QED) is 0.445. The molecule has 150 valence electrons. The summed E-state index contributed by atoms with van der Waals surface area (Å²) in [4.78, 5) is 18.9. The number of amides is 1. The number of carbonyl (C=O) groups is 1. The van der Waals surface area contributed by atoms with Gasteiger partial charge in [-0.1, -0.05) is 6.07 Å². The van der Waals surface area contributed by atoms with Crippen molar-refractivity contribution in [3.05, 3.63) is 47.8 Å². The van der Waals surface area contributed by atoms with Gasteiger partial charge in [0.15, 0.2) is 5.96 Å². The van der Waals surface area contributed by atoms with Crippen molar-refractivity contribution >= 4 is 11.9 Å². The molecule has 8 nitrogen and oxygen atoms in total. The largest absolute Gasteiger partial charge is 0.497 e. The molecule has 2 heterocycles. The summed E-state index contributed by atoms with van der Waals surface area (Å²) < 4.78 is 7.00. The van der Waals surface area contributed by atoms with Crippen LogP contribution in [0.25, 0.3) is 0 Å². The second-order valence-electron chi connectivity index (χ2n) is 6.84. The van der Waals surface area contributed by atoms with Gasteiger partial charge in [0.1, 0.15) is 5.75 Å². The van der Waals surface area contributed by atoms with Crippen LogP contribution in [-0.2, 0) is 7.05 Å². The molecule has 1 fully saturated rings. The zero-order valence-corrected chi connectivity index (χ0v) is 16.7. The van der Waals surface area contributed by atoms with E-state index in [9.17, 15) is 4.79 Å². The minimum atomic E-state index is -0.117. The Morgan fingerprint density at radius 2 is 2.18 bits per heavy atom. The van der Waals surface area contributed by atoms with E-state index in [0.29, 0.717) is 30.3 Å². The number of nitrogens with one attached hydrogen (secondary N) is 2. The number of hydrogen-bond acceptors (Lipinski definition) is 4. The molecule has 1 saturated heterocycles. The van der Waals surface area contributed by atoms with Crippen molar-refractivity contribution in [1.82, 2.24) is 25.3 Å². The highest BCUT2D eigenvalue weighted by Crippen LogP contribution is 2.26. The van der Waals surface area contributed by atoms with Crippen LogP contribution in [0, 0.1) is 0 Å². The fraction of sp³-hybridized carbons (Fsp3) is 0.450. The van der Waals surface area contributed by atoms with Gasteiger partial charge in [-0.2, -0.15) is 5.10 Å². The molecule has 0 aliphatic carbocycles. The molecule has 1 aliphatic rings. The summed E-state index contributed by atoms with van der Waals surface area (Å²) in [5.41, 5.74) is 1.86. The van der Waals surface area contributed by atoms with Gasteiger partial charge in [-0.05, 0) is 30.2 Å². The summed E-state index contributed by atoms with van der Waals surface area (Å²) in [7, 11) is 5.31. The molecule has 0 bridgehead atoms. The molecule has 2 N–H and O–H groups in total. The zero-order chi connectivity index (χ0) is 19.9. The van der Waals surface area contributed by atoms with Gasteiger partial charge in [0, 0.05) is 58.0 Å². The first-order chi connectivity index (χ1) is 13.6. The van der Waals surface area contributed by atoms with Crippen LogP contribution in [0.1, 0.15) is 28.3 Å². The van der Waals surface area contributed by atoms with E-state index >= 15 is 0 Å². The smallest absolute Gasteiger partial charge is 0.251 e. The van der Waals surface area contributed by atoms with E-state index in [2.05, 4.69) is 31.8 Å². The van der Waals surface area contributed by atoms with Crippen LogP contribution >= 0.6 is 0 Å². The number of ether oxygens (including phenoxy) is 1. The first kappa shape index (κ1) is 19.7. The number of aromatic nitrogens is 2. The van der Waals surface area contributed by atoms with Gasteiger partial charge in [-0.15, -0.1) is 0 Å². The van der Waals surface area contributed by atoms with E-state index in [4.69, 9.17) is 4.74 Å². The molecule has 28 heavy (non-hydrogen) atoms. The number of guanidine groups is 1. The van der Waals surface area contributed by atoms with Gasteiger partial charge in [0.05, 0.1) is 13.3 Å². The number of hydrogen-bond donors (Lipinski definition) is 2. The summed E-state index contributed by atoms with van der Waals surface area (Å²) >= 11 is 0. The lowest BCUT2D eigenvalue weighted by Gasteiger charge is -2.21. The van der Waals surface area contributed by atoms with E-state index in [-0.39, 0.29) is 5.91 Å². The molecule has 0 radical (unpaired) electrons. The maximum absolute atomic E-state index is 12.2. The molecule has 3 rings (SSSR count). The maximum atomic E-state index is 12.2. The Bertz CT molecular complexity index is 832. The van der Waals surface area contributed by atoms with Gasteiger partial charge in [0.25, 0.3) is 5.91 Å². The average molecular weight is 384 g/mol. The Morgan fingerprint density at radius 3 is 2.89 bits per heavy atom. The van der Waals surface area contributed by atoms with Crippen LogP contribution in [0.3, 0.4) is 0 Å². The normalized spacial score (nSPS) is 16.9. The molecule has 0 saturated carbocycles. The third-order valence-electron chi connectivity index (χ3n) is 4.92. The van der Waals surface area contributed by atoms with Crippen molar-refractivity contribution in [3.63, 3.8) is 0 Å². The summed E-state index contributed by atoms with van der Waals surface area (Å²) in [5, 5.41) is 10.5. The highest BCUT2D eigenvalue weighted by atomic mass is 16.5. The van der Waals surface area contributed by atoms with Gasteiger partial charge >= 0.3 is 0 Å².